The zero-order valence-electron chi connectivity index (χ0n) is 14.3. The summed E-state index contributed by atoms with van der Waals surface area (Å²) in [6, 6.07) is 8.38. The lowest BCUT2D eigenvalue weighted by atomic mass is 9.96. The lowest BCUT2D eigenvalue weighted by Crippen LogP contribution is -2.46. The molecule has 2 amide bonds. The Morgan fingerprint density at radius 1 is 1.29 bits per heavy atom. The van der Waals surface area contributed by atoms with Gasteiger partial charge in [0.15, 0.2) is 0 Å². The van der Waals surface area contributed by atoms with Crippen LogP contribution in [0.2, 0.25) is 0 Å². The second-order valence-electron chi connectivity index (χ2n) is 6.72. The number of hydrogen-bond donors (Lipinski definition) is 1. The third-order valence-corrected chi connectivity index (χ3v) is 4.92. The molecule has 5 nitrogen and oxygen atoms in total. The van der Waals surface area contributed by atoms with E-state index in [1.165, 1.54) is 0 Å². The van der Waals surface area contributed by atoms with Crippen LogP contribution in [-0.2, 0) is 16.0 Å². The van der Waals surface area contributed by atoms with E-state index in [2.05, 4.69) is 11.4 Å². The highest BCUT2D eigenvalue weighted by Crippen LogP contribution is 2.31. The van der Waals surface area contributed by atoms with Crippen LogP contribution in [0.25, 0.3) is 0 Å². The number of carbonyl (C=O) groups is 2. The Kier molecular flexibility index (Phi) is 5.38. The molecular weight excluding hydrogens is 304 g/mol. The highest BCUT2D eigenvalue weighted by molar-refractivity contribution is 5.84. The van der Waals surface area contributed by atoms with Gasteiger partial charge in [-0.2, -0.15) is 0 Å². The van der Waals surface area contributed by atoms with Crippen LogP contribution in [0, 0.1) is 5.92 Å². The Hall–Kier alpha value is -2.04. The smallest absolute Gasteiger partial charge is 0.224 e. The van der Waals surface area contributed by atoms with E-state index in [0.29, 0.717) is 32.0 Å². The summed E-state index contributed by atoms with van der Waals surface area (Å²) in [5.41, 5.74) is 1.16. The van der Waals surface area contributed by atoms with Crippen molar-refractivity contribution in [2.75, 3.05) is 20.2 Å². The van der Waals surface area contributed by atoms with Crippen molar-refractivity contribution >= 4 is 11.8 Å². The van der Waals surface area contributed by atoms with Gasteiger partial charge >= 0.3 is 0 Å². The number of benzene rings is 1. The summed E-state index contributed by atoms with van der Waals surface area (Å²) in [7, 11) is 1.68. The molecule has 0 aromatic heterocycles. The first kappa shape index (κ1) is 16.8. The molecule has 1 aromatic rings. The number of hydrogen-bond acceptors (Lipinski definition) is 3. The fourth-order valence-corrected chi connectivity index (χ4v) is 3.37. The monoisotopic (exact) mass is 330 g/mol. The topological polar surface area (TPSA) is 58.6 Å². The van der Waals surface area contributed by atoms with Gasteiger partial charge in [-0.3, -0.25) is 9.59 Å². The molecule has 1 aromatic carbocycles. The summed E-state index contributed by atoms with van der Waals surface area (Å²) in [6.07, 6.45) is 5.14. The zero-order valence-corrected chi connectivity index (χ0v) is 14.3. The average molecular weight is 330 g/mol. The number of nitrogens with zero attached hydrogens (tertiary/aromatic N) is 1. The van der Waals surface area contributed by atoms with Gasteiger partial charge in [-0.25, -0.2) is 0 Å². The van der Waals surface area contributed by atoms with E-state index >= 15 is 0 Å². The largest absolute Gasteiger partial charge is 0.496 e. The Morgan fingerprint density at radius 2 is 2.08 bits per heavy atom. The molecule has 1 aliphatic carbocycles. The number of piperidine rings is 1. The van der Waals surface area contributed by atoms with Crippen molar-refractivity contribution in [1.82, 2.24) is 10.2 Å². The summed E-state index contributed by atoms with van der Waals surface area (Å²) in [5.74, 6) is 1.16. The number of nitrogens with one attached hydrogen (secondary N) is 1. The summed E-state index contributed by atoms with van der Waals surface area (Å²) in [4.78, 5) is 26.2. The molecule has 1 saturated heterocycles. The average Bonchev–Trinajstić information content (AvgIpc) is 3.44. The van der Waals surface area contributed by atoms with Crippen LogP contribution in [0.5, 0.6) is 5.75 Å². The molecular formula is C19H26N2O3. The third kappa shape index (κ3) is 4.08. The quantitative estimate of drug-likeness (QED) is 0.779. The van der Waals surface area contributed by atoms with Crippen LogP contribution < -0.4 is 10.1 Å². The van der Waals surface area contributed by atoms with Gasteiger partial charge in [-0.15, -0.1) is 0 Å². The lowest BCUT2D eigenvalue weighted by Gasteiger charge is -2.32. The summed E-state index contributed by atoms with van der Waals surface area (Å²) in [6.45, 7) is 1.26. The molecule has 1 aliphatic heterocycles. The maximum Gasteiger partial charge on any atom is 0.224 e. The summed E-state index contributed by atoms with van der Waals surface area (Å²) in [5, 5.41) is 3.04. The second kappa shape index (κ2) is 7.69. The van der Waals surface area contributed by atoms with E-state index in [-0.39, 0.29) is 17.7 Å². The van der Waals surface area contributed by atoms with E-state index < -0.39 is 0 Å². The Morgan fingerprint density at radius 3 is 2.83 bits per heavy atom. The number of aryl methyl sites for hydroxylation is 1. The van der Waals surface area contributed by atoms with E-state index in [1.54, 1.807) is 7.11 Å². The highest BCUT2D eigenvalue weighted by atomic mass is 16.5. The number of rotatable bonds is 7. The van der Waals surface area contributed by atoms with Gasteiger partial charge in [0.2, 0.25) is 11.8 Å². The second-order valence-corrected chi connectivity index (χ2v) is 6.72. The minimum Gasteiger partial charge on any atom is -0.496 e. The van der Waals surface area contributed by atoms with Gasteiger partial charge in [-0.05, 0) is 43.7 Å². The van der Waals surface area contributed by atoms with Crippen LogP contribution >= 0.6 is 0 Å². The van der Waals surface area contributed by atoms with Crippen LogP contribution in [0.3, 0.4) is 0 Å². The SMILES string of the molecule is COc1ccccc1CCCNC(=O)[C@@H]1CCC(=O)N(C2CC2)C1. The van der Waals surface area contributed by atoms with Crippen LogP contribution in [0.15, 0.2) is 24.3 Å². The van der Waals surface area contributed by atoms with Crippen LogP contribution in [0.4, 0.5) is 0 Å². The number of carbonyl (C=O) groups excluding carboxylic acids is 2. The van der Waals surface area contributed by atoms with E-state index in [0.717, 1.165) is 37.0 Å². The molecule has 1 atom stereocenters. The van der Waals surface area contributed by atoms with Crippen molar-refractivity contribution in [2.24, 2.45) is 5.92 Å². The summed E-state index contributed by atoms with van der Waals surface area (Å²) >= 11 is 0. The van der Waals surface area contributed by atoms with E-state index in [9.17, 15) is 9.59 Å². The lowest BCUT2D eigenvalue weighted by molar-refractivity contribution is -0.138. The van der Waals surface area contributed by atoms with Gasteiger partial charge in [0, 0.05) is 25.6 Å². The maximum absolute atomic E-state index is 12.4. The minimum atomic E-state index is -0.0467. The minimum absolute atomic E-state index is 0.0467. The van der Waals surface area contributed by atoms with E-state index in [1.807, 2.05) is 23.1 Å². The molecule has 24 heavy (non-hydrogen) atoms. The first-order valence-electron chi connectivity index (χ1n) is 8.88. The van der Waals surface area contributed by atoms with E-state index in [4.69, 9.17) is 4.74 Å². The standard InChI is InChI=1S/C19H26N2O3/c1-24-17-7-3-2-5-14(17)6-4-12-20-19(23)15-8-11-18(22)21(13-15)16-9-10-16/h2-3,5,7,15-16H,4,6,8-13H2,1H3,(H,20,23)/t15-/m1/s1. The molecule has 130 valence electrons. The van der Waals surface area contributed by atoms with Gasteiger partial charge in [0.1, 0.15) is 5.75 Å². The first-order valence-corrected chi connectivity index (χ1v) is 8.88. The summed E-state index contributed by atoms with van der Waals surface area (Å²) < 4.78 is 5.34. The van der Waals surface area contributed by atoms with Crippen molar-refractivity contribution in [3.63, 3.8) is 0 Å². The highest BCUT2D eigenvalue weighted by Gasteiger charge is 2.38. The van der Waals surface area contributed by atoms with Gasteiger partial charge in [0.05, 0.1) is 13.0 Å². The number of amides is 2. The molecule has 3 rings (SSSR count). The van der Waals surface area contributed by atoms with Gasteiger partial charge in [0.25, 0.3) is 0 Å². The molecule has 1 heterocycles. The predicted octanol–water partition coefficient (Wildman–Crippen LogP) is 2.15. The predicted molar refractivity (Wildman–Crippen MR) is 91.8 cm³/mol. The number of ether oxygens (including phenoxy) is 1. The van der Waals surface area contributed by atoms with Gasteiger partial charge < -0.3 is 15.0 Å². The Labute approximate surface area is 143 Å². The number of methoxy groups -OCH3 is 1. The van der Waals surface area contributed by atoms with Crippen molar-refractivity contribution in [1.29, 1.82) is 0 Å². The Balaban J connectivity index is 1.41. The maximum atomic E-state index is 12.4. The molecule has 0 bridgehead atoms. The van der Waals surface area contributed by atoms with Gasteiger partial charge in [-0.1, -0.05) is 18.2 Å². The molecule has 5 heteroatoms. The van der Waals surface area contributed by atoms with Crippen molar-refractivity contribution in [3.05, 3.63) is 29.8 Å². The molecule has 2 fully saturated rings. The molecule has 2 aliphatic rings. The number of likely N-dealkylation sites (tertiary alicyclic amines) is 1. The van der Waals surface area contributed by atoms with Crippen molar-refractivity contribution < 1.29 is 14.3 Å². The Bertz CT molecular complexity index is 598. The fourth-order valence-electron chi connectivity index (χ4n) is 3.37. The zero-order chi connectivity index (χ0) is 16.9. The first-order chi connectivity index (χ1) is 11.7. The molecule has 1 saturated carbocycles. The number of para-hydroxylation sites is 1. The normalized spacial score (nSPS) is 20.8. The molecule has 0 spiro atoms. The van der Waals surface area contributed by atoms with Crippen molar-refractivity contribution in [3.8, 4) is 5.75 Å². The molecule has 1 N–H and O–H groups in total. The van der Waals surface area contributed by atoms with Crippen LogP contribution in [-0.4, -0.2) is 43.0 Å². The molecule has 0 unspecified atom stereocenters. The van der Waals surface area contributed by atoms with Crippen molar-refractivity contribution in [2.45, 2.75) is 44.6 Å². The third-order valence-electron chi connectivity index (χ3n) is 4.92. The molecule has 0 radical (unpaired) electrons. The fraction of sp³-hybridized carbons (Fsp3) is 0.579. The van der Waals surface area contributed by atoms with Crippen LogP contribution in [0.1, 0.15) is 37.7 Å².